The van der Waals surface area contributed by atoms with Crippen LogP contribution in [0, 0.1) is 5.41 Å². The van der Waals surface area contributed by atoms with Gasteiger partial charge in [-0.25, -0.2) is 0 Å². The summed E-state index contributed by atoms with van der Waals surface area (Å²) < 4.78 is 0. The second-order valence-electron chi connectivity index (χ2n) is 5.19. The van der Waals surface area contributed by atoms with Gasteiger partial charge in [-0.15, -0.1) is 0 Å². The highest BCUT2D eigenvalue weighted by Crippen LogP contribution is 2.32. The fourth-order valence-electron chi connectivity index (χ4n) is 1.67. The van der Waals surface area contributed by atoms with Crippen molar-refractivity contribution in [3.05, 3.63) is 37.0 Å². The van der Waals surface area contributed by atoms with Gasteiger partial charge in [-0.05, 0) is 37.0 Å². The summed E-state index contributed by atoms with van der Waals surface area (Å²) >= 11 is 0. The van der Waals surface area contributed by atoms with Crippen molar-refractivity contribution in [2.24, 2.45) is 16.9 Å². The first-order chi connectivity index (χ1) is 9.03. The van der Waals surface area contributed by atoms with E-state index in [-0.39, 0.29) is 11.2 Å². The standard InChI is InChI=1S/C9H14O.2C3H5NO/c1-7-4-8(10)6-9(2,3)5-7;2*1-2-3(4)5/h4H,5-6H2,1-3H3;2*2H,1H2,(H2,4,5). The summed E-state index contributed by atoms with van der Waals surface area (Å²) in [5, 5.41) is 0. The molecule has 0 bridgehead atoms. The predicted octanol–water partition coefficient (Wildman–Crippen LogP) is 1.64. The van der Waals surface area contributed by atoms with Crippen molar-refractivity contribution in [1.29, 1.82) is 0 Å². The number of carbonyl (C=O) groups excluding carboxylic acids is 3. The molecule has 1 aliphatic carbocycles. The predicted molar refractivity (Wildman–Crippen MR) is 80.6 cm³/mol. The van der Waals surface area contributed by atoms with Crippen molar-refractivity contribution in [1.82, 2.24) is 0 Å². The van der Waals surface area contributed by atoms with Gasteiger partial charge in [0.25, 0.3) is 0 Å². The Labute approximate surface area is 120 Å². The number of carbonyl (C=O) groups is 3. The molecule has 0 radical (unpaired) electrons. The number of ketones is 1. The zero-order chi connectivity index (χ0) is 16.3. The first-order valence-electron chi connectivity index (χ1n) is 6.08. The SMILES string of the molecule is C=CC(N)=O.C=CC(N)=O.CC1=CC(=O)CC(C)(C)C1. The Morgan fingerprint density at radius 2 is 1.50 bits per heavy atom. The highest BCUT2D eigenvalue weighted by atomic mass is 16.1. The minimum Gasteiger partial charge on any atom is -0.366 e. The number of hydrogen-bond donors (Lipinski definition) is 2. The molecule has 1 rings (SSSR count). The molecule has 0 unspecified atom stereocenters. The summed E-state index contributed by atoms with van der Waals surface area (Å²) in [5.74, 6) is -0.677. The molecule has 5 nitrogen and oxygen atoms in total. The van der Waals surface area contributed by atoms with Crippen molar-refractivity contribution >= 4 is 17.6 Å². The summed E-state index contributed by atoms with van der Waals surface area (Å²) in [6, 6.07) is 0. The molecule has 0 spiro atoms. The number of primary amides is 2. The third-order valence-corrected chi connectivity index (χ3v) is 2.22. The van der Waals surface area contributed by atoms with E-state index < -0.39 is 11.8 Å². The lowest BCUT2D eigenvalue weighted by molar-refractivity contribution is -0.117. The van der Waals surface area contributed by atoms with Crippen molar-refractivity contribution in [2.75, 3.05) is 0 Å². The monoisotopic (exact) mass is 280 g/mol. The van der Waals surface area contributed by atoms with E-state index in [1.54, 1.807) is 6.08 Å². The van der Waals surface area contributed by atoms with Gasteiger partial charge in [0.15, 0.2) is 5.78 Å². The zero-order valence-electron chi connectivity index (χ0n) is 12.4. The Kier molecular flexibility index (Phi) is 9.79. The molecule has 5 heteroatoms. The maximum atomic E-state index is 11.0. The highest BCUT2D eigenvalue weighted by molar-refractivity contribution is 5.91. The summed E-state index contributed by atoms with van der Waals surface area (Å²) in [7, 11) is 0. The Balaban J connectivity index is 0. The molecule has 0 saturated heterocycles. The van der Waals surface area contributed by atoms with Crippen LogP contribution in [0.4, 0.5) is 0 Å². The van der Waals surface area contributed by atoms with Crippen LogP contribution in [0.1, 0.15) is 33.6 Å². The van der Waals surface area contributed by atoms with Gasteiger partial charge >= 0.3 is 0 Å². The van der Waals surface area contributed by atoms with E-state index in [0.717, 1.165) is 18.6 Å². The molecule has 0 fully saturated rings. The second-order valence-corrected chi connectivity index (χ2v) is 5.19. The Morgan fingerprint density at radius 1 is 1.15 bits per heavy atom. The second kappa shape index (κ2) is 9.72. The molecule has 1 aliphatic rings. The average Bonchev–Trinajstić information content (AvgIpc) is 2.27. The first kappa shape index (κ1) is 20.2. The van der Waals surface area contributed by atoms with Crippen LogP contribution in [0.5, 0.6) is 0 Å². The molecule has 112 valence electrons. The molecule has 0 aromatic heterocycles. The lowest BCUT2D eigenvalue weighted by Crippen LogP contribution is -2.20. The van der Waals surface area contributed by atoms with Crippen LogP contribution in [-0.2, 0) is 14.4 Å². The van der Waals surface area contributed by atoms with Crippen LogP contribution in [-0.4, -0.2) is 17.6 Å². The van der Waals surface area contributed by atoms with Gasteiger partial charge in [-0.1, -0.05) is 32.6 Å². The van der Waals surface area contributed by atoms with E-state index in [4.69, 9.17) is 0 Å². The van der Waals surface area contributed by atoms with Crippen LogP contribution < -0.4 is 11.5 Å². The van der Waals surface area contributed by atoms with E-state index in [0.29, 0.717) is 6.42 Å². The van der Waals surface area contributed by atoms with E-state index in [2.05, 4.69) is 38.5 Å². The number of nitrogens with two attached hydrogens (primary N) is 2. The zero-order valence-corrected chi connectivity index (χ0v) is 12.4. The normalized spacial score (nSPS) is 15.3. The topological polar surface area (TPSA) is 103 Å². The van der Waals surface area contributed by atoms with Crippen LogP contribution in [0.2, 0.25) is 0 Å². The fourth-order valence-corrected chi connectivity index (χ4v) is 1.67. The number of hydrogen-bond acceptors (Lipinski definition) is 3. The Hall–Kier alpha value is -2.17. The van der Waals surface area contributed by atoms with Crippen LogP contribution >= 0.6 is 0 Å². The lowest BCUT2D eigenvalue weighted by atomic mass is 9.77. The molecule has 0 saturated carbocycles. The van der Waals surface area contributed by atoms with Gasteiger partial charge in [0.2, 0.25) is 11.8 Å². The largest absolute Gasteiger partial charge is 0.366 e. The molecule has 0 aromatic rings. The van der Waals surface area contributed by atoms with Crippen LogP contribution in [0.3, 0.4) is 0 Å². The number of amides is 2. The smallest absolute Gasteiger partial charge is 0.240 e. The van der Waals surface area contributed by atoms with Gasteiger partial charge in [0, 0.05) is 6.42 Å². The van der Waals surface area contributed by atoms with E-state index in [9.17, 15) is 14.4 Å². The molecule has 4 N–H and O–H groups in total. The maximum Gasteiger partial charge on any atom is 0.240 e. The first-order valence-corrected chi connectivity index (χ1v) is 6.08. The van der Waals surface area contributed by atoms with Crippen molar-refractivity contribution < 1.29 is 14.4 Å². The number of rotatable bonds is 2. The van der Waals surface area contributed by atoms with Gasteiger partial charge in [0.05, 0.1) is 0 Å². The maximum absolute atomic E-state index is 11.0. The molecular formula is C15H24N2O3. The summed E-state index contributed by atoms with van der Waals surface area (Å²) in [6.07, 6.45) is 5.66. The minimum absolute atomic E-state index is 0.204. The van der Waals surface area contributed by atoms with E-state index in [1.807, 2.05) is 6.92 Å². The third-order valence-electron chi connectivity index (χ3n) is 2.22. The van der Waals surface area contributed by atoms with E-state index in [1.165, 1.54) is 5.57 Å². The molecule has 0 aromatic carbocycles. The highest BCUT2D eigenvalue weighted by Gasteiger charge is 2.25. The van der Waals surface area contributed by atoms with E-state index >= 15 is 0 Å². The molecule has 0 heterocycles. The Morgan fingerprint density at radius 3 is 1.70 bits per heavy atom. The van der Waals surface area contributed by atoms with Crippen LogP contribution in [0.15, 0.2) is 37.0 Å². The molecule has 20 heavy (non-hydrogen) atoms. The minimum atomic E-state index is -0.481. The van der Waals surface area contributed by atoms with Crippen LogP contribution in [0.25, 0.3) is 0 Å². The summed E-state index contributed by atoms with van der Waals surface area (Å²) in [4.78, 5) is 30.0. The van der Waals surface area contributed by atoms with Gasteiger partial charge in [-0.3, -0.25) is 14.4 Å². The quantitative estimate of drug-likeness (QED) is 0.751. The Bertz CT molecular complexity index is 403. The molecule has 0 atom stereocenters. The molecule has 2 amide bonds. The van der Waals surface area contributed by atoms with Gasteiger partial charge in [-0.2, -0.15) is 0 Å². The van der Waals surface area contributed by atoms with Crippen molar-refractivity contribution in [3.63, 3.8) is 0 Å². The van der Waals surface area contributed by atoms with Crippen molar-refractivity contribution in [3.8, 4) is 0 Å². The molecule has 0 aliphatic heterocycles. The average molecular weight is 280 g/mol. The summed E-state index contributed by atoms with van der Waals surface area (Å²) in [6.45, 7) is 12.5. The van der Waals surface area contributed by atoms with Gasteiger partial charge < -0.3 is 11.5 Å². The molecular weight excluding hydrogens is 256 g/mol. The van der Waals surface area contributed by atoms with Gasteiger partial charge in [0.1, 0.15) is 0 Å². The third kappa shape index (κ3) is 13.9. The summed E-state index contributed by atoms with van der Waals surface area (Å²) in [5.41, 5.74) is 10.5. The fraction of sp³-hybridized carbons (Fsp3) is 0.400. The lowest BCUT2D eigenvalue weighted by Gasteiger charge is -2.27. The van der Waals surface area contributed by atoms with Crippen molar-refractivity contribution in [2.45, 2.75) is 33.6 Å². The number of allylic oxidation sites excluding steroid dienone is 2.